The van der Waals surface area contributed by atoms with E-state index in [0.717, 1.165) is 37.3 Å². The van der Waals surface area contributed by atoms with E-state index in [4.69, 9.17) is 0 Å². The standard InChI is InChI=1S/C17H22N6/c1-3-7-13(2)17-16(14-8-5-4-6-9-14)18-12-23(17)11-10-15-19-21-22-20-15/h4-6,8-9,12-13H,3,7,10-11H2,1-2H3,(H,19,20,21,22). The van der Waals surface area contributed by atoms with Gasteiger partial charge in [-0.1, -0.05) is 55.8 Å². The maximum absolute atomic E-state index is 4.69. The zero-order valence-corrected chi connectivity index (χ0v) is 13.6. The quantitative estimate of drug-likeness (QED) is 0.727. The van der Waals surface area contributed by atoms with E-state index in [2.05, 4.69) is 68.3 Å². The molecule has 0 aliphatic carbocycles. The van der Waals surface area contributed by atoms with Crippen LogP contribution in [0.25, 0.3) is 11.3 Å². The largest absolute Gasteiger partial charge is 0.333 e. The van der Waals surface area contributed by atoms with E-state index >= 15 is 0 Å². The number of aryl methyl sites for hydroxylation is 2. The number of hydrogen-bond donors (Lipinski definition) is 1. The van der Waals surface area contributed by atoms with E-state index in [1.807, 2.05) is 12.4 Å². The molecule has 2 heterocycles. The zero-order chi connectivity index (χ0) is 16.1. The van der Waals surface area contributed by atoms with Gasteiger partial charge >= 0.3 is 0 Å². The van der Waals surface area contributed by atoms with Crippen molar-refractivity contribution in [2.45, 2.75) is 45.6 Å². The molecule has 23 heavy (non-hydrogen) atoms. The summed E-state index contributed by atoms with van der Waals surface area (Å²) in [7, 11) is 0. The first-order valence-electron chi connectivity index (χ1n) is 8.12. The fraction of sp³-hybridized carbons (Fsp3) is 0.412. The van der Waals surface area contributed by atoms with Gasteiger partial charge in [-0.3, -0.25) is 0 Å². The summed E-state index contributed by atoms with van der Waals surface area (Å²) in [5, 5.41) is 14.2. The van der Waals surface area contributed by atoms with Crippen molar-refractivity contribution in [2.24, 2.45) is 0 Å². The molecule has 3 rings (SSSR count). The Hall–Kier alpha value is -2.50. The molecule has 0 spiro atoms. The third-order valence-corrected chi connectivity index (χ3v) is 4.08. The van der Waals surface area contributed by atoms with Crippen LogP contribution in [0, 0.1) is 0 Å². The minimum absolute atomic E-state index is 0.461. The predicted octanol–water partition coefficient (Wildman–Crippen LogP) is 3.21. The number of tetrazole rings is 1. The SMILES string of the molecule is CCCC(C)c1c(-c2ccccc2)ncn1CCc1nn[nH]n1. The number of benzene rings is 1. The molecular formula is C17H22N6. The van der Waals surface area contributed by atoms with E-state index < -0.39 is 0 Å². The van der Waals surface area contributed by atoms with E-state index in [-0.39, 0.29) is 0 Å². The maximum Gasteiger partial charge on any atom is 0.176 e. The first-order valence-corrected chi connectivity index (χ1v) is 8.12. The summed E-state index contributed by atoms with van der Waals surface area (Å²) >= 11 is 0. The summed E-state index contributed by atoms with van der Waals surface area (Å²) in [6, 6.07) is 10.4. The number of H-pyrrole nitrogens is 1. The van der Waals surface area contributed by atoms with Gasteiger partial charge in [0.2, 0.25) is 0 Å². The molecule has 0 fully saturated rings. The van der Waals surface area contributed by atoms with E-state index in [9.17, 15) is 0 Å². The molecule has 0 amide bonds. The van der Waals surface area contributed by atoms with Crippen LogP contribution in [0.2, 0.25) is 0 Å². The van der Waals surface area contributed by atoms with Gasteiger partial charge in [-0.25, -0.2) is 4.98 Å². The number of nitrogens with one attached hydrogen (secondary N) is 1. The molecule has 0 radical (unpaired) electrons. The topological polar surface area (TPSA) is 72.3 Å². The van der Waals surface area contributed by atoms with Gasteiger partial charge in [0, 0.05) is 24.2 Å². The third-order valence-electron chi connectivity index (χ3n) is 4.08. The van der Waals surface area contributed by atoms with Gasteiger partial charge in [-0.15, -0.1) is 10.2 Å². The predicted molar refractivity (Wildman–Crippen MR) is 88.9 cm³/mol. The number of rotatable bonds is 7. The average Bonchev–Trinajstić information content (AvgIpc) is 3.23. The highest BCUT2D eigenvalue weighted by Gasteiger charge is 2.18. The molecule has 0 saturated carbocycles. The Balaban J connectivity index is 1.90. The van der Waals surface area contributed by atoms with Crippen LogP contribution in [0.5, 0.6) is 0 Å². The van der Waals surface area contributed by atoms with E-state index in [0.29, 0.717) is 5.92 Å². The Morgan fingerprint density at radius 3 is 2.74 bits per heavy atom. The molecule has 0 bridgehead atoms. The highest BCUT2D eigenvalue weighted by atomic mass is 15.5. The van der Waals surface area contributed by atoms with Crippen molar-refractivity contribution < 1.29 is 0 Å². The van der Waals surface area contributed by atoms with Crippen molar-refractivity contribution in [3.8, 4) is 11.3 Å². The second kappa shape index (κ2) is 7.17. The number of imidazole rings is 1. The average molecular weight is 310 g/mol. The Kier molecular flexibility index (Phi) is 4.80. The maximum atomic E-state index is 4.69. The Morgan fingerprint density at radius 2 is 2.04 bits per heavy atom. The van der Waals surface area contributed by atoms with E-state index in [1.54, 1.807) is 0 Å². The van der Waals surface area contributed by atoms with Crippen molar-refractivity contribution in [2.75, 3.05) is 0 Å². The van der Waals surface area contributed by atoms with Crippen LogP contribution in [0.4, 0.5) is 0 Å². The number of nitrogens with zero attached hydrogens (tertiary/aromatic N) is 5. The normalized spacial score (nSPS) is 12.4. The minimum Gasteiger partial charge on any atom is -0.333 e. The lowest BCUT2D eigenvalue weighted by molar-refractivity contribution is 0.575. The highest BCUT2D eigenvalue weighted by Crippen LogP contribution is 2.30. The molecule has 1 N–H and O–H groups in total. The van der Waals surface area contributed by atoms with Crippen LogP contribution >= 0.6 is 0 Å². The molecule has 120 valence electrons. The lowest BCUT2D eigenvalue weighted by Gasteiger charge is -2.16. The van der Waals surface area contributed by atoms with Crippen LogP contribution in [-0.2, 0) is 13.0 Å². The molecule has 0 aliphatic heterocycles. The summed E-state index contributed by atoms with van der Waals surface area (Å²) in [6.07, 6.45) is 4.98. The molecule has 6 nitrogen and oxygen atoms in total. The van der Waals surface area contributed by atoms with Crippen LogP contribution in [0.15, 0.2) is 36.7 Å². The van der Waals surface area contributed by atoms with E-state index in [1.165, 1.54) is 11.3 Å². The number of aromatic amines is 1. The van der Waals surface area contributed by atoms with Crippen molar-refractivity contribution in [3.05, 3.63) is 48.2 Å². The van der Waals surface area contributed by atoms with Crippen molar-refractivity contribution in [1.82, 2.24) is 30.2 Å². The molecular weight excluding hydrogens is 288 g/mol. The number of aromatic nitrogens is 6. The fourth-order valence-electron chi connectivity index (χ4n) is 2.98. The lowest BCUT2D eigenvalue weighted by atomic mass is 9.97. The second-order valence-corrected chi connectivity index (χ2v) is 5.81. The van der Waals surface area contributed by atoms with Gasteiger partial charge in [-0.2, -0.15) is 5.21 Å². The molecule has 0 saturated heterocycles. The van der Waals surface area contributed by atoms with Crippen LogP contribution in [-0.4, -0.2) is 30.2 Å². The first-order chi connectivity index (χ1) is 11.3. The monoisotopic (exact) mass is 310 g/mol. The molecule has 0 aliphatic rings. The second-order valence-electron chi connectivity index (χ2n) is 5.81. The van der Waals surface area contributed by atoms with Crippen molar-refractivity contribution >= 4 is 0 Å². The zero-order valence-electron chi connectivity index (χ0n) is 13.6. The van der Waals surface area contributed by atoms with Crippen molar-refractivity contribution in [3.63, 3.8) is 0 Å². The summed E-state index contributed by atoms with van der Waals surface area (Å²) in [5.41, 5.74) is 3.55. The number of hydrogen-bond acceptors (Lipinski definition) is 4. The van der Waals surface area contributed by atoms with Crippen LogP contribution in [0.1, 0.15) is 44.1 Å². The third kappa shape index (κ3) is 3.47. The molecule has 2 aromatic heterocycles. The van der Waals surface area contributed by atoms with Crippen molar-refractivity contribution in [1.29, 1.82) is 0 Å². The Bertz CT molecular complexity index is 717. The van der Waals surface area contributed by atoms with Crippen LogP contribution < -0.4 is 0 Å². The van der Waals surface area contributed by atoms with Gasteiger partial charge in [-0.05, 0) is 12.3 Å². The molecule has 1 atom stereocenters. The summed E-state index contributed by atoms with van der Waals surface area (Å²) < 4.78 is 2.24. The first kappa shape index (κ1) is 15.4. The lowest BCUT2D eigenvalue weighted by Crippen LogP contribution is -2.09. The highest BCUT2D eigenvalue weighted by molar-refractivity contribution is 5.62. The summed E-state index contributed by atoms with van der Waals surface area (Å²) in [4.78, 5) is 4.69. The van der Waals surface area contributed by atoms with Gasteiger partial charge < -0.3 is 4.57 Å². The van der Waals surface area contributed by atoms with Crippen LogP contribution in [0.3, 0.4) is 0 Å². The molecule has 1 unspecified atom stereocenters. The fourth-order valence-corrected chi connectivity index (χ4v) is 2.98. The molecule has 3 aromatic rings. The Labute approximate surface area is 136 Å². The van der Waals surface area contributed by atoms with Gasteiger partial charge in [0.25, 0.3) is 0 Å². The summed E-state index contributed by atoms with van der Waals surface area (Å²) in [5.74, 6) is 1.19. The molecule has 1 aromatic carbocycles. The Morgan fingerprint density at radius 1 is 1.22 bits per heavy atom. The molecule has 6 heteroatoms. The minimum atomic E-state index is 0.461. The van der Waals surface area contributed by atoms with Gasteiger partial charge in [0.05, 0.1) is 12.0 Å². The summed E-state index contributed by atoms with van der Waals surface area (Å²) in [6.45, 7) is 5.30. The van der Waals surface area contributed by atoms with Gasteiger partial charge in [0.15, 0.2) is 5.82 Å². The smallest absolute Gasteiger partial charge is 0.176 e. The van der Waals surface area contributed by atoms with Gasteiger partial charge in [0.1, 0.15) is 0 Å².